The summed E-state index contributed by atoms with van der Waals surface area (Å²) in [5.41, 5.74) is 1.13. The Kier molecular flexibility index (Phi) is 4.65. The molecule has 1 unspecified atom stereocenters. The lowest BCUT2D eigenvalue weighted by Crippen LogP contribution is -2.35. The zero-order valence-corrected chi connectivity index (χ0v) is 12.0. The van der Waals surface area contributed by atoms with Gasteiger partial charge in [0.1, 0.15) is 0 Å². The van der Waals surface area contributed by atoms with Gasteiger partial charge in [0.15, 0.2) is 17.4 Å². The molecule has 0 saturated heterocycles. The molecule has 2 aromatic rings. The largest absolute Gasteiger partial charge is 0.414 e. The minimum Gasteiger partial charge on any atom is -0.372 e. The lowest BCUT2D eigenvalue weighted by molar-refractivity contribution is -0.213. The topological polar surface area (TPSA) is 68.5 Å². The van der Waals surface area contributed by atoms with Crippen molar-refractivity contribution in [3.8, 4) is 0 Å². The van der Waals surface area contributed by atoms with Crippen molar-refractivity contribution in [1.82, 2.24) is 19.7 Å². The first-order valence-corrected chi connectivity index (χ1v) is 6.51. The summed E-state index contributed by atoms with van der Waals surface area (Å²) in [6.07, 6.45) is -1.96. The van der Waals surface area contributed by atoms with Crippen LogP contribution in [0.1, 0.15) is 22.6 Å². The highest BCUT2D eigenvalue weighted by Crippen LogP contribution is 2.24. The van der Waals surface area contributed by atoms with Crippen LogP contribution in [-0.2, 0) is 4.74 Å². The lowest BCUT2D eigenvalue weighted by Gasteiger charge is -2.18. The van der Waals surface area contributed by atoms with Gasteiger partial charge < -0.3 is 14.5 Å². The van der Waals surface area contributed by atoms with Gasteiger partial charge in [0.05, 0.1) is 5.69 Å². The SMILES string of the molecule is COC(CCNC(=O)c1nccn2cc(C)nc12)C(F)(F)F. The van der Waals surface area contributed by atoms with Gasteiger partial charge in [0.25, 0.3) is 5.91 Å². The van der Waals surface area contributed by atoms with E-state index in [4.69, 9.17) is 0 Å². The van der Waals surface area contributed by atoms with E-state index >= 15 is 0 Å². The Morgan fingerprint density at radius 2 is 2.23 bits per heavy atom. The number of nitrogens with zero attached hydrogens (tertiary/aromatic N) is 3. The molecular weight excluding hydrogens is 301 g/mol. The van der Waals surface area contributed by atoms with Crippen molar-refractivity contribution in [1.29, 1.82) is 0 Å². The monoisotopic (exact) mass is 316 g/mol. The molecule has 0 aliphatic heterocycles. The van der Waals surface area contributed by atoms with E-state index in [9.17, 15) is 18.0 Å². The van der Waals surface area contributed by atoms with Crippen LogP contribution >= 0.6 is 0 Å². The van der Waals surface area contributed by atoms with Crippen LogP contribution in [0.2, 0.25) is 0 Å². The molecule has 1 amide bonds. The van der Waals surface area contributed by atoms with Crippen molar-refractivity contribution >= 4 is 11.6 Å². The van der Waals surface area contributed by atoms with Gasteiger partial charge in [-0.3, -0.25) is 4.79 Å². The summed E-state index contributed by atoms with van der Waals surface area (Å²) >= 11 is 0. The molecule has 0 aliphatic carbocycles. The number of amides is 1. The fourth-order valence-corrected chi connectivity index (χ4v) is 2.02. The average molecular weight is 316 g/mol. The van der Waals surface area contributed by atoms with Crippen molar-refractivity contribution in [2.75, 3.05) is 13.7 Å². The fourth-order valence-electron chi connectivity index (χ4n) is 2.02. The molecule has 1 N–H and O–H groups in total. The number of hydrogen-bond acceptors (Lipinski definition) is 4. The van der Waals surface area contributed by atoms with Crippen molar-refractivity contribution in [3.63, 3.8) is 0 Å². The molecule has 1 atom stereocenters. The first-order valence-electron chi connectivity index (χ1n) is 6.51. The first kappa shape index (κ1) is 16.2. The molecule has 0 saturated carbocycles. The number of imidazole rings is 1. The highest BCUT2D eigenvalue weighted by molar-refractivity contribution is 5.97. The summed E-state index contributed by atoms with van der Waals surface area (Å²) in [7, 11) is 0.982. The molecule has 0 radical (unpaired) electrons. The van der Waals surface area contributed by atoms with Gasteiger partial charge in [-0.15, -0.1) is 0 Å². The van der Waals surface area contributed by atoms with Gasteiger partial charge in [-0.25, -0.2) is 9.97 Å². The van der Waals surface area contributed by atoms with Crippen LogP contribution < -0.4 is 5.32 Å². The number of carbonyl (C=O) groups excluding carboxylic acids is 1. The van der Waals surface area contributed by atoms with E-state index in [0.717, 1.165) is 7.11 Å². The maximum Gasteiger partial charge on any atom is 0.414 e. The third-order valence-corrected chi connectivity index (χ3v) is 3.05. The number of rotatable bonds is 5. The number of nitrogens with one attached hydrogen (secondary N) is 1. The summed E-state index contributed by atoms with van der Waals surface area (Å²) in [4.78, 5) is 20.1. The van der Waals surface area contributed by atoms with E-state index in [1.165, 1.54) is 6.20 Å². The standard InChI is InChI=1S/C13H15F3N4O2/c1-8-7-20-6-5-17-10(11(20)19-8)12(21)18-4-3-9(22-2)13(14,15)16/h5-7,9H,3-4H2,1-2H3,(H,18,21). The van der Waals surface area contributed by atoms with Gasteiger partial charge in [-0.2, -0.15) is 13.2 Å². The van der Waals surface area contributed by atoms with Crippen LogP contribution in [0.4, 0.5) is 13.2 Å². The van der Waals surface area contributed by atoms with Crippen LogP contribution in [0.5, 0.6) is 0 Å². The summed E-state index contributed by atoms with van der Waals surface area (Å²) in [6.45, 7) is 1.58. The maximum atomic E-state index is 12.5. The summed E-state index contributed by atoms with van der Waals surface area (Å²) in [5.74, 6) is -0.576. The number of hydrogen-bond donors (Lipinski definition) is 1. The molecule has 0 bridgehead atoms. The molecule has 0 aromatic carbocycles. The van der Waals surface area contributed by atoms with Crippen molar-refractivity contribution in [2.24, 2.45) is 0 Å². The Morgan fingerprint density at radius 3 is 2.86 bits per heavy atom. The summed E-state index contributed by atoms with van der Waals surface area (Å²) < 4.78 is 43.5. The number of aromatic nitrogens is 3. The predicted octanol–water partition coefficient (Wildman–Crippen LogP) is 1.73. The molecule has 0 fully saturated rings. The number of fused-ring (bicyclic) bond motifs is 1. The Bertz CT molecular complexity index is 669. The third-order valence-electron chi connectivity index (χ3n) is 3.05. The quantitative estimate of drug-likeness (QED) is 0.912. The van der Waals surface area contributed by atoms with Crippen molar-refractivity contribution in [3.05, 3.63) is 30.0 Å². The highest BCUT2D eigenvalue weighted by Gasteiger charge is 2.39. The molecule has 0 spiro atoms. The number of aryl methyl sites for hydroxylation is 1. The van der Waals surface area contributed by atoms with Gasteiger partial charge in [0, 0.05) is 32.2 Å². The molecular formula is C13H15F3N4O2. The summed E-state index contributed by atoms with van der Waals surface area (Å²) in [5, 5.41) is 2.40. The van der Waals surface area contributed by atoms with Crippen LogP contribution in [0.3, 0.4) is 0 Å². The Balaban J connectivity index is 2.03. The van der Waals surface area contributed by atoms with Crippen molar-refractivity contribution < 1.29 is 22.7 Å². The zero-order chi connectivity index (χ0) is 16.3. The van der Waals surface area contributed by atoms with Crippen LogP contribution in [0.25, 0.3) is 5.65 Å². The fraction of sp³-hybridized carbons (Fsp3) is 0.462. The second kappa shape index (κ2) is 6.30. The van der Waals surface area contributed by atoms with E-state index in [1.54, 1.807) is 23.7 Å². The first-order chi connectivity index (χ1) is 10.3. The number of ether oxygens (including phenoxy) is 1. The van der Waals surface area contributed by atoms with Crippen molar-refractivity contribution in [2.45, 2.75) is 25.6 Å². The van der Waals surface area contributed by atoms with E-state index in [-0.39, 0.29) is 18.7 Å². The van der Waals surface area contributed by atoms with E-state index in [2.05, 4.69) is 20.0 Å². The smallest absolute Gasteiger partial charge is 0.372 e. The number of carbonyl (C=O) groups is 1. The molecule has 9 heteroatoms. The van der Waals surface area contributed by atoms with Gasteiger partial charge in [-0.05, 0) is 13.3 Å². The second-order valence-corrected chi connectivity index (χ2v) is 4.70. The normalized spacial score (nSPS) is 13.3. The zero-order valence-electron chi connectivity index (χ0n) is 12.0. The second-order valence-electron chi connectivity index (χ2n) is 4.70. The molecule has 2 aromatic heterocycles. The van der Waals surface area contributed by atoms with Gasteiger partial charge in [-0.1, -0.05) is 0 Å². The highest BCUT2D eigenvalue weighted by atomic mass is 19.4. The number of halogens is 3. The third kappa shape index (κ3) is 3.53. The Morgan fingerprint density at radius 1 is 1.50 bits per heavy atom. The minimum absolute atomic E-state index is 0.0663. The molecule has 2 heterocycles. The number of alkyl halides is 3. The van der Waals surface area contributed by atoms with E-state index in [0.29, 0.717) is 11.3 Å². The van der Waals surface area contributed by atoms with Crippen LogP contribution in [0.15, 0.2) is 18.6 Å². The minimum atomic E-state index is -4.46. The molecule has 2 rings (SSSR count). The molecule has 120 valence electrons. The van der Waals surface area contributed by atoms with Crippen LogP contribution in [-0.4, -0.2) is 46.2 Å². The van der Waals surface area contributed by atoms with E-state index in [1.807, 2.05) is 0 Å². The molecule has 22 heavy (non-hydrogen) atoms. The Hall–Kier alpha value is -2.16. The summed E-state index contributed by atoms with van der Waals surface area (Å²) in [6, 6.07) is 0. The van der Waals surface area contributed by atoms with Gasteiger partial charge in [0.2, 0.25) is 0 Å². The molecule has 0 aliphatic rings. The maximum absolute atomic E-state index is 12.5. The number of methoxy groups -OCH3 is 1. The average Bonchev–Trinajstić information content (AvgIpc) is 2.81. The molecule has 6 nitrogen and oxygen atoms in total. The van der Waals surface area contributed by atoms with E-state index < -0.39 is 18.2 Å². The predicted molar refractivity (Wildman–Crippen MR) is 71.5 cm³/mol. The lowest BCUT2D eigenvalue weighted by atomic mass is 10.2. The van der Waals surface area contributed by atoms with Crippen LogP contribution in [0, 0.1) is 6.92 Å². The Labute approximate surface area is 124 Å². The van der Waals surface area contributed by atoms with Gasteiger partial charge >= 0.3 is 6.18 Å².